The van der Waals surface area contributed by atoms with Gasteiger partial charge in [0.2, 0.25) is 0 Å². The van der Waals surface area contributed by atoms with E-state index in [2.05, 4.69) is 5.10 Å². The van der Waals surface area contributed by atoms with Crippen LogP contribution < -0.4 is 5.56 Å². The first-order valence-electron chi connectivity index (χ1n) is 7.06. The van der Waals surface area contributed by atoms with E-state index in [1.54, 1.807) is 12.1 Å². The number of H-pyrrole nitrogens is 1. The molecular weight excluding hydrogens is 276 g/mol. The molecule has 0 saturated carbocycles. The topological polar surface area (TPSA) is 54.9 Å². The maximum Gasteiger partial charge on any atom is 0.271 e. The molecule has 0 aliphatic carbocycles. The number of ketones is 1. The van der Waals surface area contributed by atoms with Crippen molar-refractivity contribution in [2.45, 2.75) is 13.8 Å². The summed E-state index contributed by atoms with van der Waals surface area (Å²) in [5.41, 5.74) is 3.85. The van der Waals surface area contributed by atoms with E-state index in [0.717, 1.165) is 16.8 Å². The van der Waals surface area contributed by atoms with E-state index in [4.69, 9.17) is 0 Å². The fraction of sp³-hybridized carbons (Fsp3) is 0.111. The van der Waals surface area contributed by atoms with Gasteiger partial charge in [0.1, 0.15) is 0 Å². The number of benzene rings is 2. The second-order valence-corrected chi connectivity index (χ2v) is 5.26. The number of para-hydroxylation sites is 1. The van der Waals surface area contributed by atoms with Crippen molar-refractivity contribution in [2.24, 2.45) is 0 Å². The van der Waals surface area contributed by atoms with E-state index in [1.807, 2.05) is 49.4 Å². The molecule has 0 aliphatic rings. The quantitative estimate of drug-likeness (QED) is 0.753. The fourth-order valence-electron chi connectivity index (χ4n) is 2.43. The Kier molecular flexibility index (Phi) is 3.51. The van der Waals surface area contributed by atoms with Crippen LogP contribution in [0.15, 0.2) is 59.4 Å². The predicted molar refractivity (Wildman–Crippen MR) is 86.6 cm³/mol. The molecule has 1 N–H and O–H groups in total. The average Bonchev–Trinajstić information content (AvgIpc) is 2.90. The summed E-state index contributed by atoms with van der Waals surface area (Å²) in [6.45, 7) is 3.49. The molecule has 0 spiro atoms. The number of hydrogen-bond donors (Lipinski definition) is 1. The van der Waals surface area contributed by atoms with E-state index in [-0.39, 0.29) is 11.3 Å². The molecule has 0 atom stereocenters. The molecule has 4 nitrogen and oxygen atoms in total. The van der Waals surface area contributed by atoms with E-state index >= 15 is 0 Å². The van der Waals surface area contributed by atoms with Gasteiger partial charge in [-0.3, -0.25) is 14.7 Å². The minimum absolute atomic E-state index is 0.00564. The summed E-state index contributed by atoms with van der Waals surface area (Å²) in [6.07, 6.45) is 0. The number of Topliss-reactive ketones (excluding diaryl/α,β-unsaturated/α-hetero) is 1. The van der Waals surface area contributed by atoms with Crippen molar-refractivity contribution in [1.29, 1.82) is 0 Å². The first kappa shape index (κ1) is 14.1. The molecule has 3 rings (SSSR count). The van der Waals surface area contributed by atoms with Crippen LogP contribution in [0.4, 0.5) is 0 Å². The molecule has 1 aromatic heterocycles. The van der Waals surface area contributed by atoms with E-state index < -0.39 is 0 Å². The van der Waals surface area contributed by atoms with Crippen LogP contribution in [0.25, 0.3) is 16.9 Å². The number of rotatable bonds is 3. The van der Waals surface area contributed by atoms with Gasteiger partial charge >= 0.3 is 0 Å². The standard InChI is InChI=1S/C18H16N2O2/c1-12-8-9-14(13(2)21)10-16(12)17-11-18(22)20(19-17)15-6-4-3-5-7-15/h3-11,19H,1-2H3. The summed E-state index contributed by atoms with van der Waals surface area (Å²) in [7, 11) is 0. The zero-order valence-corrected chi connectivity index (χ0v) is 12.5. The second-order valence-electron chi connectivity index (χ2n) is 5.26. The van der Waals surface area contributed by atoms with Gasteiger partial charge < -0.3 is 0 Å². The lowest BCUT2D eigenvalue weighted by Crippen LogP contribution is -2.12. The first-order chi connectivity index (χ1) is 10.6. The third kappa shape index (κ3) is 2.51. The molecule has 0 unspecified atom stereocenters. The Hall–Kier alpha value is -2.88. The molecule has 110 valence electrons. The number of aryl methyl sites for hydroxylation is 1. The highest BCUT2D eigenvalue weighted by Crippen LogP contribution is 2.22. The Morgan fingerprint density at radius 1 is 1.05 bits per heavy atom. The van der Waals surface area contributed by atoms with Crippen molar-refractivity contribution in [3.63, 3.8) is 0 Å². The van der Waals surface area contributed by atoms with Crippen LogP contribution in [0.3, 0.4) is 0 Å². The number of carbonyl (C=O) groups excluding carboxylic acids is 1. The molecule has 2 aromatic carbocycles. The van der Waals surface area contributed by atoms with Gasteiger partial charge in [0.05, 0.1) is 11.4 Å². The van der Waals surface area contributed by atoms with Crippen LogP contribution in [-0.2, 0) is 0 Å². The Morgan fingerprint density at radius 3 is 2.45 bits per heavy atom. The molecule has 0 bridgehead atoms. The van der Waals surface area contributed by atoms with Gasteiger partial charge in [-0.05, 0) is 37.6 Å². The third-order valence-corrected chi connectivity index (χ3v) is 3.67. The minimum atomic E-state index is -0.131. The van der Waals surface area contributed by atoms with Gasteiger partial charge in [-0.15, -0.1) is 0 Å². The van der Waals surface area contributed by atoms with Crippen LogP contribution in [-0.4, -0.2) is 15.6 Å². The van der Waals surface area contributed by atoms with Crippen molar-refractivity contribution in [1.82, 2.24) is 9.78 Å². The van der Waals surface area contributed by atoms with Crippen LogP contribution in [0.1, 0.15) is 22.8 Å². The monoisotopic (exact) mass is 292 g/mol. The lowest BCUT2D eigenvalue weighted by atomic mass is 10.0. The van der Waals surface area contributed by atoms with E-state index in [9.17, 15) is 9.59 Å². The number of hydrogen-bond acceptors (Lipinski definition) is 2. The zero-order chi connectivity index (χ0) is 15.7. The fourth-order valence-corrected chi connectivity index (χ4v) is 2.43. The molecule has 0 radical (unpaired) electrons. The SMILES string of the molecule is CC(=O)c1ccc(C)c(-c2cc(=O)n(-c3ccccc3)[nH]2)c1. The third-order valence-electron chi connectivity index (χ3n) is 3.67. The molecule has 4 heteroatoms. The highest BCUT2D eigenvalue weighted by Gasteiger charge is 2.11. The van der Waals surface area contributed by atoms with Gasteiger partial charge in [-0.1, -0.05) is 30.3 Å². The Morgan fingerprint density at radius 2 is 1.77 bits per heavy atom. The predicted octanol–water partition coefficient (Wildman–Crippen LogP) is 3.34. The molecule has 0 fully saturated rings. The molecule has 0 aliphatic heterocycles. The van der Waals surface area contributed by atoms with Crippen molar-refractivity contribution >= 4 is 5.78 Å². The largest absolute Gasteiger partial charge is 0.295 e. The summed E-state index contributed by atoms with van der Waals surface area (Å²) < 4.78 is 1.50. The average molecular weight is 292 g/mol. The van der Waals surface area contributed by atoms with Crippen LogP contribution in [0, 0.1) is 6.92 Å². The zero-order valence-electron chi connectivity index (χ0n) is 12.5. The number of nitrogens with one attached hydrogen (secondary N) is 1. The van der Waals surface area contributed by atoms with Gasteiger partial charge in [-0.25, -0.2) is 4.68 Å². The maximum absolute atomic E-state index is 12.2. The summed E-state index contributed by atoms with van der Waals surface area (Å²) >= 11 is 0. The number of aromatic amines is 1. The second kappa shape index (κ2) is 5.48. The highest BCUT2D eigenvalue weighted by atomic mass is 16.1. The number of aromatic nitrogens is 2. The lowest BCUT2D eigenvalue weighted by molar-refractivity contribution is 0.101. The lowest BCUT2D eigenvalue weighted by Gasteiger charge is -2.06. The van der Waals surface area contributed by atoms with E-state index in [1.165, 1.54) is 11.6 Å². The molecule has 22 heavy (non-hydrogen) atoms. The Labute approximate surface area is 128 Å². The minimum Gasteiger partial charge on any atom is -0.295 e. The maximum atomic E-state index is 12.2. The van der Waals surface area contributed by atoms with Crippen LogP contribution in [0.2, 0.25) is 0 Å². The van der Waals surface area contributed by atoms with Gasteiger partial charge in [0.15, 0.2) is 5.78 Å². The summed E-state index contributed by atoms with van der Waals surface area (Å²) in [5.74, 6) is 0.00564. The normalized spacial score (nSPS) is 10.6. The Bertz CT molecular complexity index is 889. The van der Waals surface area contributed by atoms with E-state index in [0.29, 0.717) is 11.3 Å². The Balaban J connectivity index is 2.13. The molecule has 0 amide bonds. The van der Waals surface area contributed by atoms with Crippen molar-refractivity contribution in [3.05, 3.63) is 76.1 Å². The molecule has 1 heterocycles. The number of nitrogens with zero attached hydrogens (tertiary/aromatic N) is 1. The van der Waals surface area contributed by atoms with Gasteiger partial charge in [0.25, 0.3) is 5.56 Å². The highest BCUT2D eigenvalue weighted by molar-refractivity contribution is 5.95. The summed E-state index contributed by atoms with van der Waals surface area (Å²) in [6, 6.07) is 16.4. The number of carbonyl (C=O) groups is 1. The molecule has 0 saturated heterocycles. The summed E-state index contributed by atoms with van der Waals surface area (Å²) in [4.78, 5) is 23.8. The van der Waals surface area contributed by atoms with Gasteiger partial charge in [0, 0.05) is 17.2 Å². The molecular formula is C18H16N2O2. The van der Waals surface area contributed by atoms with Crippen molar-refractivity contribution < 1.29 is 4.79 Å². The van der Waals surface area contributed by atoms with Crippen LogP contribution in [0.5, 0.6) is 0 Å². The van der Waals surface area contributed by atoms with Gasteiger partial charge in [-0.2, -0.15) is 0 Å². The first-order valence-corrected chi connectivity index (χ1v) is 7.06. The van der Waals surface area contributed by atoms with Crippen LogP contribution >= 0.6 is 0 Å². The molecule has 3 aromatic rings. The van der Waals surface area contributed by atoms with Crippen molar-refractivity contribution in [2.75, 3.05) is 0 Å². The van der Waals surface area contributed by atoms with Crippen molar-refractivity contribution in [3.8, 4) is 16.9 Å². The smallest absolute Gasteiger partial charge is 0.271 e. The summed E-state index contributed by atoms with van der Waals surface area (Å²) in [5, 5.41) is 3.11.